The Bertz CT molecular complexity index is 1300. The SMILES string of the molecule is C=C/C=C(\C=C(/C)c1ccc2c(c1)N=C(N)CC(C(=O)N(CCC)OCC)=C2)S(=O)(=O)N1CC(CN(C)C)C1. The van der Waals surface area contributed by atoms with Crippen molar-refractivity contribution in [2.24, 2.45) is 16.6 Å². The molecule has 2 heterocycles. The first-order valence-electron chi connectivity index (χ1n) is 13.3. The number of carbonyl (C=O) groups excluding carboxylic acids is 1. The summed E-state index contributed by atoms with van der Waals surface area (Å²) in [4.78, 5) is 25.5. The van der Waals surface area contributed by atoms with Crippen LogP contribution in [0.25, 0.3) is 11.6 Å². The molecule has 0 bridgehead atoms. The van der Waals surface area contributed by atoms with E-state index in [9.17, 15) is 13.2 Å². The summed E-state index contributed by atoms with van der Waals surface area (Å²) in [6.45, 7) is 12.1. The minimum absolute atomic E-state index is 0.191. The Balaban J connectivity index is 1.89. The molecular formula is C29H41N5O4S. The molecule has 1 saturated heterocycles. The summed E-state index contributed by atoms with van der Waals surface area (Å²) in [6, 6.07) is 5.62. The lowest BCUT2D eigenvalue weighted by Gasteiger charge is -2.39. The molecule has 39 heavy (non-hydrogen) atoms. The highest BCUT2D eigenvalue weighted by atomic mass is 32.2. The number of rotatable bonds is 12. The molecular weight excluding hydrogens is 514 g/mol. The third-order valence-corrected chi connectivity index (χ3v) is 8.32. The van der Waals surface area contributed by atoms with E-state index >= 15 is 0 Å². The summed E-state index contributed by atoms with van der Waals surface area (Å²) in [6.07, 6.45) is 7.45. The maximum absolute atomic E-state index is 13.3. The molecule has 0 unspecified atom stereocenters. The fraction of sp³-hybridized carbons (Fsp3) is 0.448. The molecule has 212 valence electrons. The summed E-state index contributed by atoms with van der Waals surface area (Å²) in [5.41, 5.74) is 9.63. The topological polar surface area (TPSA) is 109 Å². The Hall–Kier alpha value is -3.05. The molecule has 2 aliphatic rings. The fourth-order valence-corrected chi connectivity index (χ4v) is 6.34. The van der Waals surface area contributed by atoms with Gasteiger partial charge in [0.15, 0.2) is 0 Å². The number of amides is 1. The maximum Gasteiger partial charge on any atom is 0.273 e. The number of sulfonamides is 1. The quantitative estimate of drug-likeness (QED) is 0.309. The maximum atomic E-state index is 13.3. The number of hydrogen-bond donors (Lipinski definition) is 1. The van der Waals surface area contributed by atoms with Gasteiger partial charge in [-0.1, -0.05) is 31.7 Å². The van der Waals surface area contributed by atoms with Gasteiger partial charge in [-0.2, -0.15) is 4.31 Å². The van der Waals surface area contributed by atoms with Crippen LogP contribution in [0.1, 0.15) is 44.7 Å². The fourth-order valence-electron chi connectivity index (χ4n) is 4.64. The first-order chi connectivity index (χ1) is 18.5. The first-order valence-corrected chi connectivity index (χ1v) is 14.7. The van der Waals surface area contributed by atoms with Gasteiger partial charge in [-0.25, -0.2) is 18.5 Å². The van der Waals surface area contributed by atoms with Gasteiger partial charge in [0.25, 0.3) is 5.91 Å². The Labute approximate surface area is 233 Å². The number of aliphatic imine (C=N–C) groups is 1. The van der Waals surface area contributed by atoms with Gasteiger partial charge >= 0.3 is 0 Å². The predicted molar refractivity (Wildman–Crippen MR) is 158 cm³/mol. The van der Waals surface area contributed by atoms with Crippen molar-refractivity contribution >= 4 is 39.1 Å². The molecule has 0 saturated carbocycles. The molecule has 0 aliphatic carbocycles. The second-order valence-corrected chi connectivity index (χ2v) is 12.1. The molecule has 1 amide bonds. The molecule has 2 aliphatic heterocycles. The summed E-state index contributed by atoms with van der Waals surface area (Å²) in [7, 11) is 0.327. The lowest BCUT2D eigenvalue weighted by Crippen LogP contribution is -2.53. The molecule has 1 aromatic carbocycles. The summed E-state index contributed by atoms with van der Waals surface area (Å²) in [5, 5.41) is 1.38. The molecule has 10 heteroatoms. The second kappa shape index (κ2) is 13.3. The lowest BCUT2D eigenvalue weighted by molar-refractivity contribution is -0.180. The zero-order valence-electron chi connectivity index (χ0n) is 23.7. The highest BCUT2D eigenvalue weighted by Gasteiger charge is 2.37. The average Bonchev–Trinajstić information content (AvgIpc) is 3.02. The van der Waals surface area contributed by atoms with Crippen LogP contribution in [0.3, 0.4) is 0 Å². The van der Waals surface area contributed by atoms with Gasteiger partial charge in [0.05, 0.1) is 17.2 Å². The van der Waals surface area contributed by atoms with Crippen molar-refractivity contribution in [1.29, 1.82) is 0 Å². The normalized spacial score (nSPS) is 17.2. The second-order valence-electron chi connectivity index (χ2n) is 10.1. The average molecular weight is 556 g/mol. The van der Waals surface area contributed by atoms with E-state index in [4.69, 9.17) is 10.6 Å². The van der Waals surface area contributed by atoms with E-state index in [-0.39, 0.29) is 17.2 Å². The predicted octanol–water partition coefficient (Wildman–Crippen LogP) is 3.95. The summed E-state index contributed by atoms with van der Waals surface area (Å²) < 4.78 is 28.2. The number of hydrogen-bond acceptors (Lipinski definition) is 7. The molecule has 0 atom stereocenters. The van der Waals surface area contributed by atoms with E-state index in [1.165, 1.54) is 21.5 Å². The molecule has 9 nitrogen and oxygen atoms in total. The first kappa shape index (κ1) is 30.5. The van der Waals surface area contributed by atoms with E-state index in [2.05, 4.69) is 16.5 Å². The van der Waals surface area contributed by atoms with Gasteiger partial charge in [0.2, 0.25) is 10.0 Å². The molecule has 2 N–H and O–H groups in total. The number of hydroxylamine groups is 2. The van der Waals surface area contributed by atoms with Crippen LogP contribution >= 0.6 is 0 Å². The summed E-state index contributed by atoms with van der Waals surface area (Å²) >= 11 is 0. The zero-order chi connectivity index (χ0) is 28.7. The molecule has 3 rings (SSSR count). The van der Waals surface area contributed by atoms with Crippen LogP contribution in [0.5, 0.6) is 0 Å². The van der Waals surface area contributed by atoms with E-state index < -0.39 is 10.0 Å². The Morgan fingerprint density at radius 1 is 1.28 bits per heavy atom. The van der Waals surface area contributed by atoms with Gasteiger partial charge in [-0.15, -0.1) is 0 Å². The van der Waals surface area contributed by atoms with Gasteiger partial charge in [-0.05, 0) is 75.7 Å². The number of nitrogens with zero attached hydrogens (tertiary/aromatic N) is 4. The van der Waals surface area contributed by atoms with Crippen molar-refractivity contribution in [3.63, 3.8) is 0 Å². The lowest BCUT2D eigenvalue weighted by atomic mass is 10.0. The Kier molecular flexibility index (Phi) is 10.4. The van der Waals surface area contributed by atoms with Gasteiger partial charge in [0, 0.05) is 43.7 Å². The highest BCUT2D eigenvalue weighted by molar-refractivity contribution is 7.93. The number of nitrogens with two attached hydrogens (primary N) is 1. The van der Waals surface area contributed by atoms with Crippen LogP contribution in [0.15, 0.2) is 58.5 Å². The largest absolute Gasteiger partial charge is 0.387 e. The van der Waals surface area contributed by atoms with Gasteiger partial charge in [0.1, 0.15) is 5.84 Å². The van der Waals surface area contributed by atoms with Gasteiger partial charge < -0.3 is 10.6 Å². The smallest absolute Gasteiger partial charge is 0.273 e. The van der Waals surface area contributed by atoms with Crippen LogP contribution in [-0.2, 0) is 19.7 Å². The van der Waals surface area contributed by atoms with Crippen molar-refractivity contribution in [3.05, 3.63) is 64.6 Å². The number of fused-ring (bicyclic) bond motifs is 1. The van der Waals surface area contributed by atoms with Crippen LogP contribution < -0.4 is 5.73 Å². The number of carbonyl (C=O) groups is 1. The molecule has 1 aromatic rings. The number of amidine groups is 1. The van der Waals surface area contributed by atoms with Crippen molar-refractivity contribution < 1.29 is 18.0 Å². The van der Waals surface area contributed by atoms with Gasteiger partial charge in [-0.3, -0.25) is 9.63 Å². The van der Waals surface area contributed by atoms with E-state index in [1.807, 2.05) is 53.1 Å². The van der Waals surface area contributed by atoms with Crippen LogP contribution in [0, 0.1) is 5.92 Å². The molecule has 1 fully saturated rings. The van der Waals surface area contributed by atoms with E-state index in [1.54, 1.807) is 12.2 Å². The van der Waals surface area contributed by atoms with Crippen LogP contribution in [0.4, 0.5) is 5.69 Å². The van der Waals surface area contributed by atoms with Crippen molar-refractivity contribution in [2.45, 2.75) is 33.6 Å². The third-order valence-electron chi connectivity index (χ3n) is 6.49. The number of allylic oxidation sites excluding steroid dienone is 4. The van der Waals surface area contributed by atoms with Crippen molar-refractivity contribution in [1.82, 2.24) is 14.3 Å². The van der Waals surface area contributed by atoms with E-state index in [0.717, 1.165) is 29.7 Å². The van der Waals surface area contributed by atoms with Crippen LogP contribution in [0.2, 0.25) is 0 Å². The van der Waals surface area contributed by atoms with Crippen molar-refractivity contribution in [3.8, 4) is 0 Å². The highest BCUT2D eigenvalue weighted by Crippen LogP contribution is 2.32. The Morgan fingerprint density at radius 3 is 2.62 bits per heavy atom. The molecule has 0 spiro atoms. The van der Waals surface area contributed by atoms with E-state index in [0.29, 0.717) is 49.3 Å². The van der Waals surface area contributed by atoms with Crippen LogP contribution in [-0.4, -0.2) is 81.3 Å². The monoisotopic (exact) mass is 555 g/mol. The minimum Gasteiger partial charge on any atom is -0.387 e. The Morgan fingerprint density at radius 2 is 2.00 bits per heavy atom. The van der Waals surface area contributed by atoms with Crippen molar-refractivity contribution in [2.75, 3.05) is 46.9 Å². The summed E-state index contributed by atoms with van der Waals surface area (Å²) in [5.74, 6) is 0.415. The zero-order valence-corrected chi connectivity index (χ0v) is 24.5. The third kappa shape index (κ3) is 7.54. The standard InChI is InChI=1S/C29H41N5O4S/c1-7-10-26(39(36,37)33-19-22(20-33)18-32(5)6)14-21(4)23-11-12-24-15-25(17-28(30)31-27(24)16-23)29(35)34(13-8-2)38-9-3/h7,10-12,14-16,22H,1,8-9,13,17-20H2,2-6H3,(H2,30,31)/b21-14+,26-10+. The minimum atomic E-state index is -3.65. The molecule has 0 aromatic heterocycles. The number of benzene rings is 1. The molecule has 0 radical (unpaired) electrons.